The first kappa shape index (κ1) is 18.0. The molecule has 0 fully saturated rings. The molecule has 0 aliphatic heterocycles. The van der Waals surface area contributed by atoms with Crippen molar-refractivity contribution in [3.63, 3.8) is 0 Å². The van der Waals surface area contributed by atoms with Gasteiger partial charge in [-0.15, -0.1) is 0 Å². The molecule has 1 aromatic heterocycles. The minimum absolute atomic E-state index is 0.115. The Hall–Kier alpha value is -3.80. The normalized spacial score (nSPS) is 10.6. The van der Waals surface area contributed by atoms with Gasteiger partial charge in [-0.3, -0.25) is 14.8 Å². The van der Waals surface area contributed by atoms with Crippen LogP contribution in [0.1, 0.15) is 22.8 Å². The van der Waals surface area contributed by atoms with Gasteiger partial charge in [0.05, 0.1) is 11.3 Å². The largest absolute Gasteiger partial charge is 0.423 e. The molecule has 3 rings (SSSR count). The van der Waals surface area contributed by atoms with Gasteiger partial charge in [0.25, 0.3) is 0 Å². The van der Waals surface area contributed by atoms with Crippen LogP contribution in [0.25, 0.3) is 0 Å². The summed E-state index contributed by atoms with van der Waals surface area (Å²) in [5.41, 5.74) is 2.74. The number of rotatable bonds is 5. The molecule has 134 valence electrons. The minimum Gasteiger partial charge on any atom is -0.423 e. The maximum absolute atomic E-state index is 12.0. The average Bonchev–Trinajstić information content (AvgIpc) is 2.69. The van der Waals surface area contributed by atoms with E-state index in [-0.39, 0.29) is 5.91 Å². The minimum atomic E-state index is -0.455. The van der Waals surface area contributed by atoms with Crippen molar-refractivity contribution in [1.82, 2.24) is 4.98 Å². The molecule has 2 aromatic carbocycles. The first-order valence-corrected chi connectivity index (χ1v) is 8.24. The second-order valence-corrected chi connectivity index (χ2v) is 5.69. The molecule has 0 saturated carbocycles. The summed E-state index contributed by atoms with van der Waals surface area (Å²) in [5, 5.41) is 2.70. The fraction of sp³-hybridized carbons (Fsp3) is 0.0476. The Morgan fingerprint density at radius 1 is 1.04 bits per heavy atom. The molecule has 0 aliphatic carbocycles. The van der Waals surface area contributed by atoms with Crippen LogP contribution in [-0.4, -0.2) is 23.1 Å². The van der Waals surface area contributed by atoms with Gasteiger partial charge in [0.15, 0.2) is 0 Å². The third-order valence-electron chi connectivity index (χ3n) is 3.54. The smallest absolute Gasteiger partial charge is 0.345 e. The van der Waals surface area contributed by atoms with Crippen LogP contribution in [0.5, 0.6) is 5.75 Å². The lowest BCUT2D eigenvalue weighted by Gasteiger charge is -2.04. The Kier molecular flexibility index (Phi) is 5.69. The summed E-state index contributed by atoms with van der Waals surface area (Å²) in [4.78, 5) is 31.3. The lowest BCUT2D eigenvalue weighted by Crippen LogP contribution is -2.08. The summed E-state index contributed by atoms with van der Waals surface area (Å²) < 4.78 is 5.31. The van der Waals surface area contributed by atoms with Crippen LogP contribution in [0.3, 0.4) is 0 Å². The predicted octanol–water partition coefficient (Wildman–Crippen LogP) is 4.01. The molecule has 1 amide bonds. The molecule has 1 heterocycles. The fourth-order valence-corrected chi connectivity index (χ4v) is 2.25. The third kappa shape index (κ3) is 5.34. The van der Waals surface area contributed by atoms with Crippen LogP contribution in [-0.2, 0) is 4.79 Å². The zero-order valence-electron chi connectivity index (χ0n) is 14.6. The number of aromatic nitrogens is 1. The third-order valence-corrected chi connectivity index (χ3v) is 3.54. The van der Waals surface area contributed by atoms with E-state index < -0.39 is 5.97 Å². The molecular formula is C21H17N3O3. The van der Waals surface area contributed by atoms with Gasteiger partial charge in [-0.2, -0.15) is 0 Å². The summed E-state index contributed by atoms with van der Waals surface area (Å²) in [6, 6.07) is 17.5. The molecular weight excluding hydrogens is 342 g/mol. The number of carbonyl (C=O) groups excluding carboxylic acids is 2. The van der Waals surface area contributed by atoms with Crippen molar-refractivity contribution >= 4 is 29.5 Å². The molecule has 0 radical (unpaired) electrons. The van der Waals surface area contributed by atoms with Gasteiger partial charge in [0, 0.05) is 31.2 Å². The molecule has 6 heteroatoms. The zero-order chi connectivity index (χ0) is 19.1. The molecule has 0 saturated heterocycles. The summed E-state index contributed by atoms with van der Waals surface area (Å²) in [6.07, 6.45) is 4.76. The SMILES string of the molecule is CC(=O)Nc1ccc(N=Cc2ccc(OC(=O)c3cccnc3)cc2)cc1. The second kappa shape index (κ2) is 8.53. The van der Waals surface area contributed by atoms with E-state index in [1.54, 1.807) is 60.9 Å². The van der Waals surface area contributed by atoms with E-state index >= 15 is 0 Å². The molecule has 3 aromatic rings. The fourth-order valence-electron chi connectivity index (χ4n) is 2.25. The molecule has 6 nitrogen and oxygen atoms in total. The summed E-state index contributed by atoms with van der Waals surface area (Å²) in [6.45, 7) is 1.46. The van der Waals surface area contributed by atoms with Gasteiger partial charge in [-0.1, -0.05) is 0 Å². The average molecular weight is 359 g/mol. The number of carbonyl (C=O) groups is 2. The standard InChI is InChI=1S/C21H17N3O3/c1-15(25)24-19-8-6-18(7-9-19)23-13-16-4-10-20(11-5-16)27-21(26)17-3-2-12-22-14-17/h2-14H,1H3,(H,24,25). The van der Waals surface area contributed by atoms with Crippen LogP contribution in [0.15, 0.2) is 78.0 Å². The van der Waals surface area contributed by atoms with E-state index in [0.717, 1.165) is 16.9 Å². The molecule has 0 aliphatic rings. The van der Waals surface area contributed by atoms with Crippen molar-refractivity contribution in [3.05, 3.63) is 84.2 Å². The Labute approximate surface area is 156 Å². The maximum atomic E-state index is 12.0. The van der Waals surface area contributed by atoms with Crippen LogP contribution in [0.2, 0.25) is 0 Å². The predicted molar refractivity (Wildman–Crippen MR) is 104 cm³/mol. The number of benzene rings is 2. The van der Waals surface area contributed by atoms with E-state index in [2.05, 4.69) is 15.3 Å². The van der Waals surface area contributed by atoms with E-state index in [0.29, 0.717) is 11.3 Å². The lowest BCUT2D eigenvalue weighted by molar-refractivity contribution is -0.114. The Bertz CT molecular complexity index is 950. The highest BCUT2D eigenvalue weighted by molar-refractivity contribution is 5.91. The Balaban J connectivity index is 1.61. The molecule has 27 heavy (non-hydrogen) atoms. The molecule has 0 bridgehead atoms. The van der Waals surface area contributed by atoms with Gasteiger partial charge in [0.1, 0.15) is 5.75 Å². The number of esters is 1. The number of nitrogens with zero attached hydrogens (tertiary/aromatic N) is 2. The number of amides is 1. The first-order chi connectivity index (χ1) is 13.1. The van der Waals surface area contributed by atoms with Gasteiger partial charge in [-0.25, -0.2) is 4.79 Å². The summed E-state index contributed by atoms with van der Waals surface area (Å²) in [5.74, 6) is -0.125. The topological polar surface area (TPSA) is 80.6 Å². The van der Waals surface area contributed by atoms with Crippen LogP contribution in [0.4, 0.5) is 11.4 Å². The summed E-state index contributed by atoms with van der Waals surface area (Å²) in [7, 11) is 0. The number of hydrogen-bond acceptors (Lipinski definition) is 5. The quantitative estimate of drug-likeness (QED) is 0.424. The highest BCUT2D eigenvalue weighted by Gasteiger charge is 2.07. The van der Waals surface area contributed by atoms with E-state index in [4.69, 9.17) is 4.74 Å². The van der Waals surface area contributed by atoms with Crippen LogP contribution >= 0.6 is 0 Å². The Morgan fingerprint density at radius 3 is 2.41 bits per heavy atom. The van der Waals surface area contributed by atoms with Gasteiger partial charge < -0.3 is 10.1 Å². The molecule has 0 unspecified atom stereocenters. The molecule has 0 atom stereocenters. The van der Waals surface area contributed by atoms with Crippen molar-refractivity contribution < 1.29 is 14.3 Å². The van der Waals surface area contributed by atoms with Gasteiger partial charge in [-0.05, 0) is 66.2 Å². The highest BCUT2D eigenvalue weighted by atomic mass is 16.5. The number of anilines is 1. The lowest BCUT2D eigenvalue weighted by atomic mass is 10.2. The van der Waals surface area contributed by atoms with Crippen molar-refractivity contribution in [3.8, 4) is 5.75 Å². The van der Waals surface area contributed by atoms with Crippen molar-refractivity contribution in [2.24, 2.45) is 4.99 Å². The number of nitrogens with one attached hydrogen (secondary N) is 1. The number of pyridine rings is 1. The Morgan fingerprint density at radius 2 is 1.78 bits per heavy atom. The first-order valence-electron chi connectivity index (χ1n) is 8.24. The number of hydrogen-bond donors (Lipinski definition) is 1. The van der Waals surface area contributed by atoms with Crippen molar-refractivity contribution in [2.75, 3.05) is 5.32 Å². The maximum Gasteiger partial charge on any atom is 0.345 e. The van der Waals surface area contributed by atoms with Crippen LogP contribution < -0.4 is 10.1 Å². The number of ether oxygens (including phenoxy) is 1. The number of aliphatic imine (C=N–C) groups is 1. The van der Waals surface area contributed by atoms with Gasteiger partial charge in [0.2, 0.25) is 5.91 Å². The second-order valence-electron chi connectivity index (χ2n) is 5.69. The van der Waals surface area contributed by atoms with E-state index in [1.165, 1.54) is 13.1 Å². The van der Waals surface area contributed by atoms with E-state index in [9.17, 15) is 9.59 Å². The zero-order valence-corrected chi connectivity index (χ0v) is 14.6. The monoisotopic (exact) mass is 359 g/mol. The summed E-state index contributed by atoms with van der Waals surface area (Å²) >= 11 is 0. The molecule has 0 spiro atoms. The van der Waals surface area contributed by atoms with Crippen LogP contribution in [0, 0.1) is 0 Å². The highest BCUT2D eigenvalue weighted by Crippen LogP contribution is 2.17. The van der Waals surface area contributed by atoms with Crippen molar-refractivity contribution in [1.29, 1.82) is 0 Å². The molecule has 1 N–H and O–H groups in total. The van der Waals surface area contributed by atoms with Crippen molar-refractivity contribution in [2.45, 2.75) is 6.92 Å². The van der Waals surface area contributed by atoms with Gasteiger partial charge >= 0.3 is 5.97 Å². The van der Waals surface area contributed by atoms with E-state index in [1.807, 2.05) is 12.1 Å².